The van der Waals surface area contributed by atoms with E-state index in [9.17, 15) is 0 Å². The van der Waals surface area contributed by atoms with E-state index in [0.29, 0.717) is 0 Å². The maximum Gasteiger partial charge on any atom is 0.0861 e. The molecule has 0 aromatic carbocycles. The van der Waals surface area contributed by atoms with Gasteiger partial charge in [0.1, 0.15) is 0 Å². The molecule has 3 heteroatoms. The zero-order valence-corrected chi connectivity index (χ0v) is 6.72. The van der Waals surface area contributed by atoms with Crippen molar-refractivity contribution in [1.29, 1.82) is 5.41 Å². The summed E-state index contributed by atoms with van der Waals surface area (Å²) in [5.74, 6) is 0. The molecule has 0 atom stereocenters. The third-order valence-electron chi connectivity index (χ3n) is 1.43. The molecule has 0 saturated carbocycles. The third-order valence-corrected chi connectivity index (χ3v) is 1.43. The Balaban J connectivity index is 3.10. The lowest BCUT2D eigenvalue weighted by atomic mass is 10.4. The normalized spacial score (nSPS) is 9.50. The summed E-state index contributed by atoms with van der Waals surface area (Å²) in [6.07, 6.45) is 1.02. The zero-order valence-electron chi connectivity index (χ0n) is 6.72. The number of hydrogen-bond acceptors (Lipinski definition) is 3. The van der Waals surface area contributed by atoms with E-state index < -0.39 is 0 Å². The van der Waals surface area contributed by atoms with Gasteiger partial charge in [-0.1, -0.05) is 6.92 Å². The molecule has 0 saturated heterocycles. The fraction of sp³-hybridized carbons (Fsp3) is 0.857. The van der Waals surface area contributed by atoms with Crippen molar-refractivity contribution >= 4 is 6.01 Å². The lowest BCUT2D eigenvalue weighted by molar-refractivity contribution is 0.350. The highest BCUT2D eigenvalue weighted by atomic mass is 15.1. The first-order valence-electron chi connectivity index (χ1n) is 3.58. The standard InChI is InChI=1S/C7H15N3/c1-3-10(2)6-4-5-9-7-8/h8H,3-6H2,1-2H3. The molecule has 0 aliphatic rings. The Kier molecular flexibility index (Phi) is 6.03. The molecule has 0 spiro atoms. The quantitative estimate of drug-likeness (QED) is 0.451. The Morgan fingerprint density at radius 3 is 2.80 bits per heavy atom. The van der Waals surface area contributed by atoms with Crippen molar-refractivity contribution in [3.63, 3.8) is 0 Å². The fourth-order valence-electron chi connectivity index (χ4n) is 0.634. The van der Waals surface area contributed by atoms with Crippen LogP contribution < -0.4 is 0 Å². The Morgan fingerprint density at radius 2 is 2.30 bits per heavy atom. The fourth-order valence-corrected chi connectivity index (χ4v) is 0.634. The van der Waals surface area contributed by atoms with E-state index in [0.717, 1.165) is 26.1 Å². The number of rotatable bonds is 5. The predicted molar refractivity (Wildman–Crippen MR) is 42.8 cm³/mol. The molecule has 0 bridgehead atoms. The van der Waals surface area contributed by atoms with Crippen LogP contribution >= 0.6 is 0 Å². The van der Waals surface area contributed by atoms with E-state index in [4.69, 9.17) is 5.41 Å². The van der Waals surface area contributed by atoms with Gasteiger partial charge in [-0.05, 0) is 26.6 Å². The summed E-state index contributed by atoms with van der Waals surface area (Å²) in [6, 6.07) is 2.02. The highest BCUT2D eigenvalue weighted by Crippen LogP contribution is 1.85. The summed E-state index contributed by atoms with van der Waals surface area (Å²) in [7, 11) is 2.08. The average Bonchev–Trinajstić information content (AvgIpc) is 1.98. The first kappa shape index (κ1) is 9.34. The van der Waals surface area contributed by atoms with Gasteiger partial charge in [-0.25, -0.2) is 10.4 Å². The minimum absolute atomic E-state index is 0.730. The highest BCUT2D eigenvalue weighted by Gasteiger charge is 1.91. The van der Waals surface area contributed by atoms with Crippen LogP contribution in [0.3, 0.4) is 0 Å². The first-order valence-corrected chi connectivity index (χ1v) is 3.58. The molecule has 3 nitrogen and oxygen atoms in total. The molecule has 0 aromatic rings. The molecule has 0 aromatic heterocycles. The minimum Gasteiger partial charge on any atom is -0.307 e. The van der Waals surface area contributed by atoms with Crippen molar-refractivity contribution in [2.75, 3.05) is 26.7 Å². The highest BCUT2D eigenvalue weighted by molar-refractivity contribution is 5.35. The van der Waals surface area contributed by atoms with E-state index in [1.165, 1.54) is 0 Å². The average molecular weight is 141 g/mol. The van der Waals surface area contributed by atoms with E-state index in [2.05, 4.69) is 23.9 Å². The van der Waals surface area contributed by atoms with Crippen LogP contribution in [0.15, 0.2) is 4.99 Å². The van der Waals surface area contributed by atoms with E-state index >= 15 is 0 Å². The molecule has 1 N–H and O–H groups in total. The van der Waals surface area contributed by atoms with E-state index in [1.54, 1.807) is 0 Å². The van der Waals surface area contributed by atoms with Crippen molar-refractivity contribution in [2.24, 2.45) is 4.99 Å². The van der Waals surface area contributed by atoms with Gasteiger partial charge < -0.3 is 4.90 Å². The van der Waals surface area contributed by atoms with Gasteiger partial charge in [0.2, 0.25) is 0 Å². The van der Waals surface area contributed by atoms with Gasteiger partial charge in [0.15, 0.2) is 0 Å². The van der Waals surface area contributed by atoms with Gasteiger partial charge in [0.25, 0.3) is 0 Å². The SMILES string of the molecule is CCN(C)CCCN=C=N. The van der Waals surface area contributed by atoms with Crippen LogP contribution in [0.25, 0.3) is 0 Å². The second kappa shape index (κ2) is 6.46. The minimum atomic E-state index is 0.730. The number of nitrogens with zero attached hydrogens (tertiary/aromatic N) is 2. The molecule has 0 heterocycles. The maximum atomic E-state index is 6.50. The first-order chi connectivity index (χ1) is 4.81. The number of aliphatic imine (C=N–C) groups is 1. The van der Waals surface area contributed by atoms with Crippen LogP contribution in [0, 0.1) is 5.41 Å². The molecule has 58 valence electrons. The zero-order chi connectivity index (χ0) is 7.82. The summed E-state index contributed by atoms with van der Waals surface area (Å²) < 4.78 is 0. The Hall–Kier alpha value is -0.660. The summed E-state index contributed by atoms with van der Waals surface area (Å²) in [5.41, 5.74) is 0. The topological polar surface area (TPSA) is 39.5 Å². The Labute approximate surface area is 62.3 Å². The summed E-state index contributed by atoms with van der Waals surface area (Å²) in [6.45, 7) is 4.99. The second-order valence-electron chi connectivity index (χ2n) is 2.24. The van der Waals surface area contributed by atoms with Crippen LogP contribution in [-0.2, 0) is 0 Å². The predicted octanol–water partition coefficient (Wildman–Crippen LogP) is 1.08. The molecule has 0 aliphatic heterocycles. The van der Waals surface area contributed by atoms with Crippen molar-refractivity contribution in [2.45, 2.75) is 13.3 Å². The molecular formula is C7H15N3. The number of hydrogen-bond donors (Lipinski definition) is 1. The van der Waals surface area contributed by atoms with Crippen LogP contribution in [-0.4, -0.2) is 37.6 Å². The largest absolute Gasteiger partial charge is 0.307 e. The molecule has 0 amide bonds. The molecule has 10 heavy (non-hydrogen) atoms. The molecular weight excluding hydrogens is 126 g/mol. The molecule has 0 fully saturated rings. The lowest BCUT2D eigenvalue weighted by Crippen LogP contribution is -2.19. The molecule has 0 rings (SSSR count). The van der Waals surface area contributed by atoms with Crippen LogP contribution in [0.1, 0.15) is 13.3 Å². The van der Waals surface area contributed by atoms with Crippen molar-refractivity contribution in [3.8, 4) is 0 Å². The van der Waals surface area contributed by atoms with Gasteiger partial charge in [-0.2, -0.15) is 0 Å². The smallest absolute Gasteiger partial charge is 0.0861 e. The van der Waals surface area contributed by atoms with Gasteiger partial charge in [-0.15, -0.1) is 0 Å². The van der Waals surface area contributed by atoms with E-state index in [-0.39, 0.29) is 0 Å². The molecule has 0 radical (unpaired) electrons. The summed E-state index contributed by atoms with van der Waals surface area (Å²) in [4.78, 5) is 5.89. The van der Waals surface area contributed by atoms with Gasteiger partial charge >= 0.3 is 0 Å². The Bertz CT molecular complexity index is 116. The van der Waals surface area contributed by atoms with Gasteiger partial charge in [-0.3, -0.25) is 0 Å². The Morgan fingerprint density at radius 1 is 1.60 bits per heavy atom. The van der Waals surface area contributed by atoms with Crippen LogP contribution in [0.4, 0.5) is 0 Å². The summed E-state index contributed by atoms with van der Waals surface area (Å²) in [5, 5.41) is 6.50. The third kappa shape index (κ3) is 5.48. The van der Waals surface area contributed by atoms with Crippen molar-refractivity contribution in [1.82, 2.24) is 4.90 Å². The maximum absolute atomic E-state index is 6.50. The van der Waals surface area contributed by atoms with Gasteiger partial charge in [0.05, 0.1) is 12.6 Å². The van der Waals surface area contributed by atoms with Crippen molar-refractivity contribution < 1.29 is 0 Å². The van der Waals surface area contributed by atoms with Gasteiger partial charge in [0, 0.05) is 0 Å². The second-order valence-corrected chi connectivity index (χ2v) is 2.24. The van der Waals surface area contributed by atoms with E-state index in [1.807, 2.05) is 6.01 Å². The van der Waals surface area contributed by atoms with Crippen LogP contribution in [0.2, 0.25) is 0 Å². The van der Waals surface area contributed by atoms with Crippen molar-refractivity contribution in [3.05, 3.63) is 0 Å². The number of nitrogens with one attached hydrogen (secondary N) is 1. The lowest BCUT2D eigenvalue weighted by Gasteiger charge is -2.11. The molecule has 0 unspecified atom stereocenters. The monoisotopic (exact) mass is 141 g/mol. The van der Waals surface area contributed by atoms with Crippen LogP contribution in [0.5, 0.6) is 0 Å². The summed E-state index contributed by atoms with van der Waals surface area (Å²) >= 11 is 0. The molecule has 0 aliphatic carbocycles.